The van der Waals surface area contributed by atoms with Gasteiger partial charge < -0.3 is 9.47 Å². The fourth-order valence-electron chi connectivity index (χ4n) is 0.495. The Labute approximate surface area is 49.8 Å². The Hall–Kier alpha value is -0.0800. The van der Waals surface area contributed by atoms with Crippen LogP contribution in [0.5, 0.6) is 0 Å². The van der Waals surface area contributed by atoms with Crippen LogP contribution in [0.2, 0.25) is 0 Å². The number of hydrogen-bond donors (Lipinski definition) is 0. The highest BCUT2D eigenvalue weighted by Gasteiger charge is 2.22. The molecule has 1 aliphatic rings. The summed E-state index contributed by atoms with van der Waals surface area (Å²) in [5, 5.41) is 0. The van der Waals surface area contributed by atoms with Crippen LogP contribution in [-0.2, 0) is 9.47 Å². The summed E-state index contributed by atoms with van der Waals surface area (Å²) < 4.78 is 10.0. The summed E-state index contributed by atoms with van der Waals surface area (Å²) in [6.07, 6.45) is 2.51. The van der Waals surface area contributed by atoms with E-state index in [-0.39, 0.29) is 6.29 Å². The molecule has 0 aromatic carbocycles. The lowest BCUT2D eigenvalue weighted by Crippen LogP contribution is -1.96. The SMILES string of the molecule is CCCCOC1CO1. The van der Waals surface area contributed by atoms with Gasteiger partial charge in [0.25, 0.3) is 0 Å². The largest absolute Gasteiger partial charge is 0.350 e. The van der Waals surface area contributed by atoms with Crippen molar-refractivity contribution in [1.29, 1.82) is 0 Å². The maximum Gasteiger partial charge on any atom is 0.181 e. The van der Waals surface area contributed by atoms with Crippen molar-refractivity contribution < 1.29 is 9.47 Å². The van der Waals surface area contributed by atoms with E-state index in [1.165, 1.54) is 6.42 Å². The van der Waals surface area contributed by atoms with Crippen LogP contribution >= 0.6 is 0 Å². The molecule has 0 aromatic rings. The van der Waals surface area contributed by atoms with Crippen molar-refractivity contribution in [2.24, 2.45) is 0 Å². The fraction of sp³-hybridized carbons (Fsp3) is 1.00. The van der Waals surface area contributed by atoms with Crippen molar-refractivity contribution >= 4 is 0 Å². The Balaban J connectivity index is 1.74. The van der Waals surface area contributed by atoms with E-state index in [0.717, 1.165) is 19.6 Å². The zero-order valence-corrected chi connectivity index (χ0v) is 5.22. The highest BCUT2D eigenvalue weighted by molar-refractivity contribution is 4.54. The van der Waals surface area contributed by atoms with Gasteiger partial charge >= 0.3 is 0 Å². The van der Waals surface area contributed by atoms with E-state index in [1.54, 1.807) is 0 Å². The third-order valence-electron chi connectivity index (χ3n) is 1.10. The molecule has 0 N–H and O–H groups in total. The van der Waals surface area contributed by atoms with Crippen molar-refractivity contribution in [2.75, 3.05) is 13.2 Å². The minimum Gasteiger partial charge on any atom is -0.350 e. The minimum absolute atomic E-state index is 0.154. The zero-order chi connectivity index (χ0) is 5.82. The van der Waals surface area contributed by atoms with E-state index in [1.807, 2.05) is 0 Å². The summed E-state index contributed by atoms with van der Waals surface area (Å²) in [7, 11) is 0. The van der Waals surface area contributed by atoms with E-state index in [2.05, 4.69) is 6.92 Å². The van der Waals surface area contributed by atoms with Crippen LogP contribution in [-0.4, -0.2) is 19.5 Å². The van der Waals surface area contributed by atoms with E-state index in [0.29, 0.717) is 0 Å². The number of unbranched alkanes of at least 4 members (excludes halogenated alkanes) is 1. The van der Waals surface area contributed by atoms with Gasteiger partial charge in [0.15, 0.2) is 6.29 Å². The van der Waals surface area contributed by atoms with Crippen molar-refractivity contribution in [2.45, 2.75) is 26.1 Å². The maximum atomic E-state index is 5.17. The predicted molar refractivity (Wildman–Crippen MR) is 30.6 cm³/mol. The monoisotopic (exact) mass is 116 g/mol. The molecule has 1 heterocycles. The summed E-state index contributed by atoms with van der Waals surface area (Å²) in [5.41, 5.74) is 0. The van der Waals surface area contributed by atoms with E-state index in [9.17, 15) is 0 Å². The molecule has 2 nitrogen and oxygen atoms in total. The number of epoxide rings is 1. The summed E-state index contributed by atoms with van der Waals surface area (Å²) >= 11 is 0. The third kappa shape index (κ3) is 2.28. The van der Waals surface area contributed by atoms with Gasteiger partial charge in [-0.25, -0.2) is 0 Å². The van der Waals surface area contributed by atoms with Gasteiger partial charge in [-0.05, 0) is 6.42 Å². The lowest BCUT2D eigenvalue weighted by atomic mass is 10.4. The molecule has 48 valence electrons. The van der Waals surface area contributed by atoms with Crippen molar-refractivity contribution in [3.05, 3.63) is 0 Å². The van der Waals surface area contributed by atoms with Gasteiger partial charge in [-0.2, -0.15) is 0 Å². The van der Waals surface area contributed by atoms with Crippen LogP contribution in [0.3, 0.4) is 0 Å². The quantitative estimate of drug-likeness (QED) is 0.406. The molecule has 1 atom stereocenters. The van der Waals surface area contributed by atoms with Gasteiger partial charge in [-0.1, -0.05) is 13.3 Å². The molecule has 1 unspecified atom stereocenters. The second-order valence-electron chi connectivity index (χ2n) is 1.99. The van der Waals surface area contributed by atoms with Crippen molar-refractivity contribution in [3.63, 3.8) is 0 Å². The van der Waals surface area contributed by atoms with E-state index >= 15 is 0 Å². The molecule has 1 fully saturated rings. The second-order valence-corrected chi connectivity index (χ2v) is 1.99. The number of rotatable bonds is 4. The molecule has 0 radical (unpaired) electrons. The van der Waals surface area contributed by atoms with Gasteiger partial charge in [0.2, 0.25) is 0 Å². The molecule has 8 heavy (non-hydrogen) atoms. The minimum atomic E-state index is 0.154. The Morgan fingerprint density at radius 3 is 3.00 bits per heavy atom. The van der Waals surface area contributed by atoms with Crippen LogP contribution < -0.4 is 0 Å². The average molecular weight is 116 g/mol. The molecule has 1 saturated heterocycles. The molecular weight excluding hydrogens is 104 g/mol. The molecule has 1 rings (SSSR count). The summed E-state index contributed by atoms with van der Waals surface area (Å²) in [6.45, 7) is 3.82. The maximum absolute atomic E-state index is 5.17. The summed E-state index contributed by atoms with van der Waals surface area (Å²) in [4.78, 5) is 0. The first-order valence-corrected chi connectivity index (χ1v) is 3.16. The van der Waals surface area contributed by atoms with Crippen molar-refractivity contribution in [3.8, 4) is 0 Å². The normalized spacial score (nSPS) is 25.9. The van der Waals surface area contributed by atoms with Crippen LogP contribution in [0.25, 0.3) is 0 Å². The Morgan fingerprint density at radius 2 is 2.50 bits per heavy atom. The zero-order valence-electron chi connectivity index (χ0n) is 5.22. The Kier molecular flexibility index (Phi) is 2.30. The third-order valence-corrected chi connectivity index (χ3v) is 1.10. The Bertz CT molecular complexity index is 59.5. The molecule has 0 bridgehead atoms. The molecule has 0 spiro atoms. The number of ether oxygens (including phenoxy) is 2. The van der Waals surface area contributed by atoms with Gasteiger partial charge in [-0.15, -0.1) is 0 Å². The smallest absolute Gasteiger partial charge is 0.181 e. The predicted octanol–water partition coefficient (Wildman–Crippen LogP) is 1.16. The van der Waals surface area contributed by atoms with Crippen molar-refractivity contribution in [1.82, 2.24) is 0 Å². The average Bonchev–Trinajstić information content (AvgIpc) is 2.51. The summed E-state index contributed by atoms with van der Waals surface area (Å²) in [6, 6.07) is 0. The highest BCUT2D eigenvalue weighted by Crippen LogP contribution is 2.10. The van der Waals surface area contributed by atoms with E-state index in [4.69, 9.17) is 9.47 Å². The highest BCUT2D eigenvalue weighted by atomic mass is 16.8. The molecule has 2 heteroatoms. The molecule has 0 amide bonds. The molecule has 0 saturated carbocycles. The van der Waals surface area contributed by atoms with Gasteiger partial charge in [0.05, 0.1) is 0 Å². The second kappa shape index (κ2) is 3.05. The summed E-state index contributed by atoms with van der Waals surface area (Å²) in [5.74, 6) is 0. The molecule has 0 aliphatic carbocycles. The first-order valence-electron chi connectivity index (χ1n) is 3.16. The number of hydrogen-bond acceptors (Lipinski definition) is 2. The van der Waals surface area contributed by atoms with Gasteiger partial charge in [0.1, 0.15) is 6.61 Å². The Morgan fingerprint density at radius 1 is 1.75 bits per heavy atom. The standard InChI is InChI=1S/C6H12O2/c1-2-3-4-7-6-5-8-6/h6H,2-5H2,1H3. The lowest BCUT2D eigenvalue weighted by Gasteiger charge is -1.94. The molecular formula is C6H12O2. The van der Waals surface area contributed by atoms with Gasteiger partial charge in [-0.3, -0.25) is 0 Å². The first kappa shape index (κ1) is 6.05. The van der Waals surface area contributed by atoms with E-state index < -0.39 is 0 Å². The van der Waals surface area contributed by atoms with Crippen LogP contribution in [0.15, 0.2) is 0 Å². The van der Waals surface area contributed by atoms with Crippen LogP contribution in [0.4, 0.5) is 0 Å². The first-order chi connectivity index (χ1) is 3.93. The molecule has 0 aromatic heterocycles. The lowest BCUT2D eigenvalue weighted by molar-refractivity contribution is 0.0486. The van der Waals surface area contributed by atoms with Crippen LogP contribution in [0.1, 0.15) is 19.8 Å². The topological polar surface area (TPSA) is 21.8 Å². The van der Waals surface area contributed by atoms with Gasteiger partial charge in [0, 0.05) is 6.61 Å². The molecule has 1 aliphatic heterocycles. The fourth-order valence-corrected chi connectivity index (χ4v) is 0.495. The van der Waals surface area contributed by atoms with Crippen LogP contribution in [0, 0.1) is 0 Å².